The molecular formula is C13H19N3. The summed E-state index contributed by atoms with van der Waals surface area (Å²) < 4.78 is 0. The van der Waals surface area contributed by atoms with Crippen molar-refractivity contribution in [3.63, 3.8) is 0 Å². The lowest BCUT2D eigenvalue weighted by atomic mass is 9.49. The highest BCUT2D eigenvalue weighted by atomic mass is 15.2. The molecule has 1 heterocycles. The molecule has 3 heteroatoms. The van der Waals surface area contributed by atoms with Gasteiger partial charge in [-0.1, -0.05) is 0 Å². The van der Waals surface area contributed by atoms with Crippen molar-refractivity contribution in [3.8, 4) is 0 Å². The fraction of sp³-hybridized carbons (Fsp3) is 0.769. The molecule has 5 rings (SSSR count). The van der Waals surface area contributed by atoms with E-state index in [0.29, 0.717) is 5.41 Å². The molecule has 0 saturated heterocycles. The summed E-state index contributed by atoms with van der Waals surface area (Å²) in [7, 11) is 0. The third kappa shape index (κ3) is 1.12. The molecule has 1 aromatic heterocycles. The normalized spacial score (nSPS) is 45.1. The van der Waals surface area contributed by atoms with E-state index in [2.05, 4.69) is 16.3 Å². The average molecular weight is 217 g/mol. The minimum absolute atomic E-state index is 0.392. The summed E-state index contributed by atoms with van der Waals surface area (Å²) in [4.78, 5) is 0. The molecule has 0 spiro atoms. The van der Waals surface area contributed by atoms with Crippen LogP contribution in [-0.2, 0) is 5.41 Å². The van der Waals surface area contributed by atoms with E-state index in [1.54, 1.807) is 0 Å². The molecule has 0 unspecified atom stereocenters. The molecule has 4 aliphatic rings. The van der Waals surface area contributed by atoms with E-state index >= 15 is 0 Å². The predicted molar refractivity (Wildman–Crippen MR) is 62.9 cm³/mol. The lowest BCUT2D eigenvalue weighted by Crippen LogP contribution is -2.48. The van der Waals surface area contributed by atoms with Gasteiger partial charge in [-0.3, -0.25) is 5.10 Å². The number of rotatable bonds is 1. The summed E-state index contributed by atoms with van der Waals surface area (Å²) in [5.74, 6) is 3.66. The van der Waals surface area contributed by atoms with Gasteiger partial charge in [0.15, 0.2) is 0 Å². The number of aromatic amines is 1. The third-order valence-electron chi connectivity index (χ3n) is 5.18. The molecule has 1 aromatic rings. The second-order valence-electron chi connectivity index (χ2n) is 6.41. The molecule has 4 aliphatic carbocycles. The number of nitrogens with zero attached hydrogens (tertiary/aromatic N) is 1. The Hall–Kier alpha value is -0.990. The number of nitrogens with two attached hydrogens (primary N) is 1. The molecule has 0 aliphatic heterocycles. The van der Waals surface area contributed by atoms with Crippen LogP contribution in [0, 0.1) is 17.8 Å². The van der Waals surface area contributed by atoms with Crippen molar-refractivity contribution < 1.29 is 0 Å². The van der Waals surface area contributed by atoms with Crippen molar-refractivity contribution in [1.82, 2.24) is 10.2 Å². The summed E-state index contributed by atoms with van der Waals surface area (Å²) >= 11 is 0. The maximum atomic E-state index is 5.78. The van der Waals surface area contributed by atoms with Crippen molar-refractivity contribution in [2.45, 2.75) is 43.9 Å². The molecule has 16 heavy (non-hydrogen) atoms. The number of nitrogen functional groups attached to an aromatic ring is 1. The molecule has 3 N–H and O–H groups in total. The Morgan fingerprint density at radius 3 is 2.12 bits per heavy atom. The van der Waals surface area contributed by atoms with Gasteiger partial charge in [-0.15, -0.1) is 0 Å². The van der Waals surface area contributed by atoms with Crippen molar-refractivity contribution in [3.05, 3.63) is 11.8 Å². The van der Waals surface area contributed by atoms with E-state index in [1.165, 1.54) is 44.2 Å². The Balaban J connectivity index is 1.76. The molecule has 4 saturated carbocycles. The first-order valence-corrected chi connectivity index (χ1v) is 6.55. The zero-order valence-corrected chi connectivity index (χ0v) is 9.58. The first-order chi connectivity index (χ1) is 7.73. The van der Waals surface area contributed by atoms with Crippen LogP contribution in [0.1, 0.15) is 44.2 Å². The standard InChI is InChI=1S/C13H19N3/c14-12-4-11(15-16-12)13-5-8-1-9(6-13)3-10(2-8)7-13/h4,8-10H,1-3,5-7H2,(H3,14,15,16). The topological polar surface area (TPSA) is 54.7 Å². The highest BCUT2D eigenvalue weighted by Gasteiger charge is 2.52. The van der Waals surface area contributed by atoms with Crippen molar-refractivity contribution in [1.29, 1.82) is 0 Å². The Morgan fingerprint density at radius 2 is 1.69 bits per heavy atom. The Bertz CT molecular complexity index is 385. The fourth-order valence-electron chi connectivity index (χ4n) is 5.03. The Kier molecular flexibility index (Phi) is 1.60. The van der Waals surface area contributed by atoms with E-state index in [4.69, 9.17) is 5.73 Å². The first-order valence-electron chi connectivity index (χ1n) is 6.55. The van der Waals surface area contributed by atoms with Crippen LogP contribution in [0.25, 0.3) is 0 Å². The van der Waals surface area contributed by atoms with Crippen LogP contribution in [0.3, 0.4) is 0 Å². The second-order valence-corrected chi connectivity index (χ2v) is 6.41. The highest BCUT2D eigenvalue weighted by Crippen LogP contribution is 2.60. The van der Waals surface area contributed by atoms with Gasteiger partial charge in [0, 0.05) is 11.5 Å². The second kappa shape index (κ2) is 2.82. The summed E-state index contributed by atoms with van der Waals surface area (Å²) in [5.41, 5.74) is 7.42. The van der Waals surface area contributed by atoms with Crippen LogP contribution in [0.2, 0.25) is 0 Å². The van der Waals surface area contributed by atoms with Crippen molar-refractivity contribution >= 4 is 5.82 Å². The van der Waals surface area contributed by atoms with Gasteiger partial charge in [-0.25, -0.2) is 0 Å². The molecule has 0 aromatic carbocycles. The smallest absolute Gasteiger partial charge is 0.119 e. The van der Waals surface area contributed by atoms with Crippen LogP contribution in [0.5, 0.6) is 0 Å². The highest BCUT2D eigenvalue weighted by molar-refractivity contribution is 5.34. The zero-order valence-electron chi connectivity index (χ0n) is 9.58. The van der Waals surface area contributed by atoms with Crippen LogP contribution in [0.15, 0.2) is 6.07 Å². The summed E-state index contributed by atoms with van der Waals surface area (Å²) in [5, 5.41) is 7.38. The van der Waals surface area contributed by atoms with Gasteiger partial charge in [0.1, 0.15) is 5.82 Å². The molecule has 3 nitrogen and oxygen atoms in total. The van der Waals surface area contributed by atoms with Crippen LogP contribution < -0.4 is 5.73 Å². The van der Waals surface area contributed by atoms with Gasteiger partial charge in [0.25, 0.3) is 0 Å². The van der Waals surface area contributed by atoms with Crippen LogP contribution in [0.4, 0.5) is 5.82 Å². The van der Waals surface area contributed by atoms with Gasteiger partial charge < -0.3 is 5.73 Å². The van der Waals surface area contributed by atoms with Crippen LogP contribution in [-0.4, -0.2) is 10.2 Å². The molecule has 4 fully saturated rings. The van der Waals surface area contributed by atoms with Gasteiger partial charge in [0.05, 0.1) is 5.69 Å². The summed E-state index contributed by atoms with van der Waals surface area (Å²) in [6.45, 7) is 0. The molecule has 0 radical (unpaired) electrons. The molecule has 0 amide bonds. The fourth-order valence-corrected chi connectivity index (χ4v) is 5.03. The lowest BCUT2D eigenvalue weighted by molar-refractivity contribution is -0.00721. The van der Waals surface area contributed by atoms with Gasteiger partial charge in [-0.2, -0.15) is 5.10 Å². The average Bonchev–Trinajstić information content (AvgIpc) is 2.63. The lowest BCUT2D eigenvalue weighted by Gasteiger charge is -2.56. The molecular weight excluding hydrogens is 198 g/mol. The first kappa shape index (κ1) is 9.08. The minimum atomic E-state index is 0.392. The number of anilines is 1. The largest absolute Gasteiger partial charge is 0.384 e. The number of hydrogen-bond donors (Lipinski definition) is 2. The summed E-state index contributed by atoms with van der Waals surface area (Å²) in [6, 6.07) is 2.08. The maximum Gasteiger partial charge on any atom is 0.119 e. The Morgan fingerprint density at radius 1 is 1.12 bits per heavy atom. The van der Waals surface area contributed by atoms with Crippen LogP contribution >= 0.6 is 0 Å². The van der Waals surface area contributed by atoms with Crippen molar-refractivity contribution in [2.75, 3.05) is 5.73 Å². The maximum absolute atomic E-state index is 5.78. The number of nitrogens with one attached hydrogen (secondary N) is 1. The number of aromatic nitrogens is 2. The van der Waals surface area contributed by atoms with E-state index < -0.39 is 0 Å². The van der Waals surface area contributed by atoms with E-state index in [-0.39, 0.29) is 0 Å². The zero-order chi connectivity index (χ0) is 10.8. The molecule has 86 valence electrons. The molecule has 4 bridgehead atoms. The van der Waals surface area contributed by atoms with E-state index in [9.17, 15) is 0 Å². The van der Waals surface area contributed by atoms with E-state index in [1.807, 2.05) is 0 Å². The molecule has 0 atom stereocenters. The van der Waals surface area contributed by atoms with Gasteiger partial charge in [-0.05, 0) is 56.3 Å². The Labute approximate surface area is 95.8 Å². The van der Waals surface area contributed by atoms with Gasteiger partial charge in [0.2, 0.25) is 0 Å². The quantitative estimate of drug-likeness (QED) is 0.759. The van der Waals surface area contributed by atoms with Gasteiger partial charge >= 0.3 is 0 Å². The predicted octanol–water partition coefficient (Wildman–Crippen LogP) is 2.46. The van der Waals surface area contributed by atoms with Crippen molar-refractivity contribution in [2.24, 2.45) is 17.8 Å². The number of H-pyrrole nitrogens is 1. The summed E-state index contributed by atoms with van der Waals surface area (Å²) in [6.07, 6.45) is 8.55. The minimum Gasteiger partial charge on any atom is -0.384 e. The monoisotopic (exact) mass is 217 g/mol. The SMILES string of the molecule is Nc1cc(C23CC4CC(CC(C4)C2)C3)n[nH]1. The van der Waals surface area contributed by atoms with E-state index in [0.717, 1.165) is 23.6 Å². The third-order valence-corrected chi connectivity index (χ3v) is 5.18. The number of hydrogen-bond acceptors (Lipinski definition) is 2.